The molecule has 0 bridgehead atoms. The zero-order valence-electron chi connectivity index (χ0n) is 11.6. The van der Waals surface area contributed by atoms with Crippen LogP contribution < -0.4 is 5.73 Å². The predicted octanol–water partition coefficient (Wildman–Crippen LogP) is 2.10. The van der Waals surface area contributed by atoms with Crippen molar-refractivity contribution in [1.82, 2.24) is 4.90 Å². The SMILES string of the molecule is Cc1cccc(C(N)C2CN(C(C)C)CCO2)c1. The highest BCUT2D eigenvalue weighted by Gasteiger charge is 2.27. The average Bonchev–Trinajstić information content (AvgIpc) is 2.38. The molecule has 2 unspecified atom stereocenters. The Kier molecular flexibility index (Phi) is 4.38. The van der Waals surface area contributed by atoms with Gasteiger partial charge in [0.15, 0.2) is 0 Å². The Hall–Kier alpha value is -0.900. The molecule has 18 heavy (non-hydrogen) atoms. The maximum absolute atomic E-state index is 6.35. The molecule has 3 nitrogen and oxygen atoms in total. The molecule has 1 fully saturated rings. The molecule has 1 heterocycles. The van der Waals surface area contributed by atoms with Gasteiger partial charge in [0, 0.05) is 19.1 Å². The molecule has 2 N–H and O–H groups in total. The van der Waals surface area contributed by atoms with E-state index in [2.05, 4.69) is 49.9 Å². The summed E-state index contributed by atoms with van der Waals surface area (Å²) in [6.07, 6.45) is 0.1000. The van der Waals surface area contributed by atoms with E-state index in [1.165, 1.54) is 11.1 Å². The Morgan fingerprint density at radius 3 is 2.83 bits per heavy atom. The maximum Gasteiger partial charge on any atom is 0.0894 e. The molecule has 0 radical (unpaired) electrons. The van der Waals surface area contributed by atoms with Gasteiger partial charge in [0.25, 0.3) is 0 Å². The van der Waals surface area contributed by atoms with Crippen LogP contribution in [0.4, 0.5) is 0 Å². The van der Waals surface area contributed by atoms with Gasteiger partial charge in [0.2, 0.25) is 0 Å². The van der Waals surface area contributed by atoms with E-state index in [0.29, 0.717) is 6.04 Å². The number of morpholine rings is 1. The predicted molar refractivity (Wildman–Crippen MR) is 74.6 cm³/mol. The molecule has 1 aliphatic rings. The van der Waals surface area contributed by atoms with Crippen molar-refractivity contribution in [2.75, 3.05) is 19.7 Å². The topological polar surface area (TPSA) is 38.5 Å². The van der Waals surface area contributed by atoms with Crippen LogP contribution in [-0.2, 0) is 4.74 Å². The number of nitrogens with zero attached hydrogens (tertiary/aromatic N) is 1. The summed E-state index contributed by atoms with van der Waals surface area (Å²) >= 11 is 0. The van der Waals surface area contributed by atoms with E-state index in [1.807, 2.05) is 0 Å². The van der Waals surface area contributed by atoms with Gasteiger partial charge in [-0.2, -0.15) is 0 Å². The minimum atomic E-state index is -0.0357. The van der Waals surface area contributed by atoms with Gasteiger partial charge in [-0.1, -0.05) is 29.8 Å². The Balaban J connectivity index is 2.06. The molecule has 0 aromatic heterocycles. The highest BCUT2D eigenvalue weighted by Crippen LogP contribution is 2.21. The van der Waals surface area contributed by atoms with Crippen LogP contribution in [0.15, 0.2) is 24.3 Å². The summed E-state index contributed by atoms with van der Waals surface area (Å²) in [5, 5.41) is 0. The summed E-state index contributed by atoms with van der Waals surface area (Å²) in [7, 11) is 0. The van der Waals surface area contributed by atoms with Gasteiger partial charge in [0.1, 0.15) is 0 Å². The third-order valence-corrected chi connectivity index (χ3v) is 3.68. The number of hydrogen-bond donors (Lipinski definition) is 1. The third kappa shape index (κ3) is 3.10. The Morgan fingerprint density at radius 1 is 1.39 bits per heavy atom. The van der Waals surface area contributed by atoms with Crippen molar-refractivity contribution in [2.24, 2.45) is 5.73 Å². The van der Waals surface area contributed by atoms with Gasteiger partial charge in [-0.15, -0.1) is 0 Å². The molecule has 1 saturated heterocycles. The summed E-state index contributed by atoms with van der Waals surface area (Å²) in [5.74, 6) is 0. The minimum absolute atomic E-state index is 0.0357. The lowest BCUT2D eigenvalue weighted by molar-refractivity contribution is -0.0502. The van der Waals surface area contributed by atoms with Crippen LogP contribution in [0.5, 0.6) is 0 Å². The monoisotopic (exact) mass is 248 g/mol. The largest absolute Gasteiger partial charge is 0.374 e. The van der Waals surface area contributed by atoms with Gasteiger partial charge in [-0.25, -0.2) is 0 Å². The standard InChI is InChI=1S/C15H24N2O/c1-11(2)17-7-8-18-14(10-17)15(16)13-6-4-5-12(3)9-13/h4-6,9,11,14-15H,7-8,10,16H2,1-3H3. The van der Waals surface area contributed by atoms with Crippen molar-refractivity contribution in [3.8, 4) is 0 Å². The normalized spacial score (nSPS) is 23.3. The lowest BCUT2D eigenvalue weighted by atomic mass is 9.99. The number of rotatable bonds is 3. The molecule has 2 rings (SSSR count). The second-order valence-electron chi connectivity index (χ2n) is 5.44. The van der Waals surface area contributed by atoms with E-state index in [0.717, 1.165) is 19.7 Å². The van der Waals surface area contributed by atoms with E-state index in [4.69, 9.17) is 10.5 Å². The Morgan fingerprint density at radius 2 is 2.17 bits per heavy atom. The quantitative estimate of drug-likeness (QED) is 0.890. The van der Waals surface area contributed by atoms with E-state index in [-0.39, 0.29) is 12.1 Å². The van der Waals surface area contributed by atoms with Gasteiger partial charge in [0.05, 0.1) is 18.8 Å². The number of benzene rings is 1. The molecular weight excluding hydrogens is 224 g/mol. The van der Waals surface area contributed by atoms with Crippen molar-refractivity contribution in [3.05, 3.63) is 35.4 Å². The van der Waals surface area contributed by atoms with Crippen molar-refractivity contribution >= 4 is 0 Å². The maximum atomic E-state index is 6.35. The van der Waals surface area contributed by atoms with Crippen LogP contribution in [-0.4, -0.2) is 36.7 Å². The van der Waals surface area contributed by atoms with Gasteiger partial charge >= 0.3 is 0 Å². The molecule has 0 amide bonds. The fourth-order valence-corrected chi connectivity index (χ4v) is 2.47. The summed E-state index contributed by atoms with van der Waals surface area (Å²) in [5.41, 5.74) is 8.77. The molecule has 1 aromatic rings. The van der Waals surface area contributed by atoms with Crippen LogP contribution in [0.1, 0.15) is 31.0 Å². The van der Waals surface area contributed by atoms with Crippen LogP contribution >= 0.6 is 0 Å². The second kappa shape index (κ2) is 5.83. The Labute approximate surface area is 110 Å². The number of ether oxygens (including phenoxy) is 1. The molecule has 3 heteroatoms. The van der Waals surface area contributed by atoms with Crippen molar-refractivity contribution < 1.29 is 4.74 Å². The smallest absolute Gasteiger partial charge is 0.0894 e. The van der Waals surface area contributed by atoms with Crippen LogP contribution in [0.3, 0.4) is 0 Å². The Bertz CT molecular complexity index is 392. The fraction of sp³-hybridized carbons (Fsp3) is 0.600. The molecule has 2 atom stereocenters. The first-order valence-corrected chi connectivity index (χ1v) is 6.75. The van der Waals surface area contributed by atoms with Crippen molar-refractivity contribution in [3.63, 3.8) is 0 Å². The van der Waals surface area contributed by atoms with Crippen LogP contribution in [0, 0.1) is 6.92 Å². The fourth-order valence-electron chi connectivity index (χ4n) is 2.47. The highest BCUT2D eigenvalue weighted by molar-refractivity contribution is 5.25. The first-order valence-electron chi connectivity index (χ1n) is 6.75. The number of nitrogens with two attached hydrogens (primary N) is 1. The van der Waals surface area contributed by atoms with E-state index in [9.17, 15) is 0 Å². The van der Waals surface area contributed by atoms with E-state index >= 15 is 0 Å². The van der Waals surface area contributed by atoms with Crippen molar-refractivity contribution in [2.45, 2.75) is 39.0 Å². The summed E-state index contributed by atoms with van der Waals surface area (Å²) < 4.78 is 5.85. The van der Waals surface area contributed by atoms with Crippen molar-refractivity contribution in [1.29, 1.82) is 0 Å². The summed E-state index contributed by atoms with van der Waals surface area (Å²) in [6.45, 7) is 9.25. The summed E-state index contributed by atoms with van der Waals surface area (Å²) in [4.78, 5) is 2.43. The van der Waals surface area contributed by atoms with Crippen LogP contribution in [0.2, 0.25) is 0 Å². The number of hydrogen-bond acceptors (Lipinski definition) is 3. The van der Waals surface area contributed by atoms with Gasteiger partial charge < -0.3 is 10.5 Å². The first-order chi connectivity index (χ1) is 8.58. The molecule has 1 aromatic carbocycles. The minimum Gasteiger partial charge on any atom is -0.374 e. The highest BCUT2D eigenvalue weighted by atomic mass is 16.5. The first kappa shape index (κ1) is 13.5. The lowest BCUT2D eigenvalue weighted by Gasteiger charge is -2.38. The molecule has 1 aliphatic heterocycles. The average molecular weight is 248 g/mol. The van der Waals surface area contributed by atoms with Gasteiger partial charge in [-0.3, -0.25) is 4.90 Å². The van der Waals surface area contributed by atoms with Gasteiger partial charge in [-0.05, 0) is 26.3 Å². The summed E-state index contributed by atoms with van der Waals surface area (Å²) in [6, 6.07) is 8.93. The lowest BCUT2D eigenvalue weighted by Crippen LogP contribution is -2.49. The zero-order valence-corrected chi connectivity index (χ0v) is 11.6. The number of aryl methyl sites for hydroxylation is 1. The van der Waals surface area contributed by atoms with E-state index < -0.39 is 0 Å². The van der Waals surface area contributed by atoms with Crippen LogP contribution in [0.25, 0.3) is 0 Å². The second-order valence-corrected chi connectivity index (χ2v) is 5.44. The molecule has 0 saturated carbocycles. The molecular formula is C15H24N2O. The molecule has 0 aliphatic carbocycles. The third-order valence-electron chi connectivity index (χ3n) is 3.68. The zero-order chi connectivity index (χ0) is 13.1. The van der Waals surface area contributed by atoms with E-state index in [1.54, 1.807) is 0 Å². The molecule has 100 valence electrons. The molecule has 0 spiro atoms.